The first-order chi connectivity index (χ1) is 7.88. The van der Waals surface area contributed by atoms with E-state index < -0.39 is 0 Å². The van der Waals surface area contributed by atoms with Crippen molar-refractivity contribution in [2.75, 3.05) is 0 Å². The van der Waals surface area contributed by atoms with E-state index in [9.17, 15) is 0 Å². The first-order valence-corrected chi connectivity index (χ1v) is 5.83. The lowest BCUT2D eigenvalue weighted by molar-refractivity contribution is 0.700. The molecule has 0 unspecified atom stereocenters. The fourth-order valence-corrected chi connectivity index (χ4v) is 1.92. The van der Waals surface area contributed by atoms with Crippen molar-refractivity contribution < 1.29 is 0 Å². The Kier molecular flexibility index (Phi) is 3.65. The first kappa shape index (κ1) is 10.8. The second kappa shape index (κ2) is 5.40. The van der Waals surface area contributed by atoms with Crippen LogP contribution in [0.2, 0.25) is 0 Å². The number of aromatic nitrogens is 1. The maximum Gasteiger partial charge on any atom is 0.0991 e. The van der Waals surface area contributed by atoms with Gasteiger partial charge in [0.1, 0.15) is 0 Å². The van der Waals surface area contributed by atoms with E-state index in [1.54, 1.807) is 11.3 Å². The van der Waals surface area contributed by atoms with E-state index in [0.717, 1.165) is 13.1 Å². The monoisotopic (exact) mass is 229 g/mol. The molecule has 1 aromatic carbocycles. The summed E-state index contributed by atoms with van der Waals surface area (Å²) in [5.41, 5.74) is 3.72. The highest BCUT2D eigenvalue weighted by molar-refractivity contribution is 7.09. The van der Waals surface area contributed by atoms with Crippen LogP contribution in [0.3, 0.4) is 0 Å². The quantitative estimate of drug-likeness (QED) is 0.875. The molecule has 80 valence electrons. The van der Waals surface area contributed by atoms with Gasteiger partial charge in [-0.05, 0) is 17.7 Å². The van der Waals surface area contributed by atoms with Crippen LogP contribution in [0.4, 0.5) is 0 Å². The lowest BCUT2D eigenvalue weighted by atomic mass is 10.1. The number of hydrogen-bond donors (Lipinski definition) is 1. The van der Waals surface area contributed by atoms with Crippen LogP contribution in [-0.2, 0) is 13.1 Å². The van der Waals surface area contributed by atoms with Crippen molar-refractivity contribution >= 4 is 11.3 Å². The largest absolute Gasteiger partial charge is 0.308 e. The van der Waals surface area contributed by atoms with E-state index in [4.69, 9.17) is 5.26 Å². The van der Waals surface area contributed by atoms with Crippen LogP contribution in [0.1, 0.15) is 16.0 Å². The van der Waals surface area contributed by atoms with Crippen molar-refractivity contribution in [2.24, 2.45) is 0 Å². The zero-order chi connectivity index (χ0) is 11.2. The third-order valence-electron chi connectivity index (χ3n) is 2.19. The fourth-order valence-electron chi connectivity index (χ4n) is 1.36. The second-order valence-corrected chi connectivity index (χ2v) is 4.35. The summed E-state index contributed by atoms with van der Waals surface area (Å²) >= 11 is 1.65. The molecule has 0 aliphatic heterocycles. The Labute approximate surface area is 98.4 Å². The molecule has 0 bridgehead atoms. The summed E-state index contributed by atoms with van der Waals surface area (Å²) in [4.78, 5) is 5.24. The smallest absolute Gasteiger partial charge is 0.0991 e. The van der Waals surface area contributed by atoms with Gasteiger partial charge in [0, 0.05) is 24.2 Å². The fraction of sp³-hybridized carbons (Fsp3) is 0.167. The zero-order valence-electron chi connectivity index (χ0n) is 8.68. The number of benzene rings is 1. The van der Waals surface area contributed by atoms with E-state index in [0.29, 0.717) is 5.56 Å². The van der Waals surface area contributed by atoms with E-state index in [2.05, 4.69) is 16.4 Å². The average Bonchev–Trinajstić information content (AvgIpc) is 2.83. The molecule has 4 heteroatoms. The van der Waals surface area contributed by atoms with Crippen molar-refractivity contribution in [3.05, 3.63) is 52.0 Å². The Balaban J connectivity index is 1.83. The molecular weight excluding hydrogens is 218 g/mol. The summed E-state index contributed by atoms with van der Waals surface area (Å²) in [6.45, 7) is 1.65. The van der Waals surface area contributed by atoms with Gasteiger partial charge in [-0.2, -0.15) is 5.26 Å². The molecule has 0 fully saturated rings. The molecule has 1 aromatic heterocycles. The first-order valence-electron chi connectivity index (χ1n) is 4.95. The normalized spacial score (nSPS) is 9.94. The molecule has 0 atom stereocenters. The van der Waals surface area contributed by atoms with Crippen molar-refractivity contribution in [3.8, 4) is 6.07 Å². The number of hydrogen-bond acceptors (Lipinski definition) is 4. The van der Waals surface area contributed by atoms with E-state index in [1.807, 2.05) is 36.0 Å². The molecule has 0 aliphatic carbocycles. The standard InChI is InChI=1S/C12H11N3S/c13-5-10-1-3-11(4-2-10)6-14-7-12-8-15-9-16-12/h1-4,8-9,14H,6-7H2. The van der Waals surface area contributed by atoms with Gasteiger partial charge in [0.25, 0.3) is 0 Å². The zero-order valence-corrected chi connectivity index (χ0v) is 9.50. The second-order valence-electron chi connectivity index (χ2n) is 3.38. The number of thiazole rings is 1. The van der Waals surface area contributed by atoms with Crippen LogP contribution in [0.25, 0.3) is 0 Å². The van der Waals surface area contributed by atoms with Gasteiger partial charge in [0.15, 0.2) is 0 Å². The molecule has 1 N–H and O–H groups in total. The van der Waals surface area contributed by atoms with Gasteiger partial charge in [0.2, 0.25) is 0 Å². The molecule has 0 amide bonds. The van der Waals surface area contributed by atoms with Crippen LogP contribution in [0.5, 0.6) is 0 Å². The summed E-state index contributed by atoms with van der Waals surface area (Å²) < 4.78 is 0. The summed E-state index contributed by atoms with van der Waals surface area (Å²) in [7, 11) is 0. The van der Waals surface area contributed by atoms with Gasteiger partial charge in [0.05, 0.1) is 17.1 Å². The topological polar surface area (TPSA) is 48.7 Å². The number of nitriles is 1. The third kappa shape index (κ3) is 2.89. The summed E-state index contributed by atoms with van der Waals surface area (Å²) in [6.07, 6.45) is 1.87. The number of nitrogens with one attached hydrogen (secondary N) is 1. The minimum atomic E-state index is 0.700. The highest BCUT2D eigenvalue weighted by atomic mass is 32.1. The van der Waals surface area contributed by atoms with Gasteiger partial charge in [-0.25, -0.2) is 0 Å². The Hall–Kier alpha value is -1.70. The van der Waals surface area contributed by atoms with Crippen molar-refractivity contribution in [1.29, 1.82) is 5.26 Å². The van der Waals surface area contributed by atoms with E-state index >= 15 is 0 Å². The Morgan fingerprint density at radius 2 is 2.06 bits per heavy atom. The predicted molar refractivity (Wildman–Crippen MR) is 63.8 cm³/mol. The molecule has 0 aliphatic rings. The molecule has 16 heavy (non-hydrogen) atoms. The Morgan fingerprint density at radius 3 is 2.69 bits per heavy atom. The SMILES string of the molecule is N#Cc1ccc(CNCc2cncs2)cc1. The van der Waals surface area contributed by atoms with Gasteiger partial charge in [-0.15, -0.1) is 11.3 Å². The van der Waals surface area contributed by atoms with Crippen LogP contribution < -0.4 is 5.32 Å². The van der Waals surface area contributed by atoms with Gasteiger partial charge < -0.3 is 5.32 Å². The van der Waals surface area contributed by atoms with Crippen LogP contribution in [0, 0.1) is 11.3 Å². The molecule has 2 rings (SSSR count). The molecule has 0 spiro atoms. The van der Waals surface area contributed by atoms with Crippen LogP contribution in [0.15, 0.2) is 36.0 Å². The molecule has 1 heterocycles. The molecule has 3 nitrogen and oxygen atoms in total. The highest BCUT2D eigenvalue weighted by Gasteiger charge is 1.96. The lowest BCUT2D eigenvalue weighted by Gasteiger charge is -2.02. The van der Waals surface area contributed by atoms with Crippen molar-refractivity contribution in [3.63, 3.8) is 0 Å². The van der Waals surface area contributed by atoms with Crippen molar-refractivity contribution in [2.45, 2.75) is 13.1 Å². The molecule has 0 saturated heterocycles. The van der Waals surface area contributed by atoms with Crippen LogP contribution in [-0.4, -0.2) is 4.98 Å². The third-order valence-corrected chi connectivity index (χ3v) is 2.97. The van der Waals surface area contributed by atoms with Gasteiger partial charge in [-0.3, -0.25) is 4.98 Å². The maximum absolute atomic E-state index is 8.66. The van der Waals surface area contributed by atoms with E-state index in [-0.39, 0.29) is 0 Å². The maximum atomic E-state index is 8.66. The Morgan fingerprint density at radius 1 is 1.25 bits per heavy atom. The predicted octanol–water partition coefficient (Wildman–Crippen LogP) is 2.30. The summed E-state index contributed by atoms with van der Waals surface area (Å²) in [6, 6.07) is 9.72. The highest BCUT2D eigenvalue weighted by Crippen LogP contribution is 2.06. The van der Waals surface area contributed by atoms with E-state index in [1.165, 1.54) is 10.4 Å². The summed E-state index contributed by atoms with van der Waals surface area (Å²) in [5.74, 6) is 0. The summed E-state index contributed by atoms with van der Waals surface area (Å²) in [5, 5.41) is 12.0. The van der Waals surface area contributed by atoms with Crippen molar-refractivity contribution in [1.82, 2.24) is 10.3 Å². The number of rotatable bonds is 4. The van der Waals surface area contributed by atoms with Gasteiger partial charge >= 0.3 is 0 Å². The van der Waals surface area contributed by atoms with Crippen LogP contribution >= 0.6 is 11.3 Å². The molecule has 0 saturated carbocycles. The minimum Gasteiger partial charge on any atom is -0.308 e. The van der Waals surface area contributed by atoms with Gasteiger partial charge in [-0.1, -0.05) is 12.1 Å². The Bertz CT molecular complexity index is 468. The lowest BCUT2D eigenvalue weighted by Crippen LogP contribution is -2.11. The molecule has 0 radical (unpaired) electrons. The molecular formula is C12H11N3S. The number of nitrogens with zero attached hydrogens (tertiary/aromatic N) is 2. The average molecular weight is 229 g/mol. The molecule has 2 aromatic rings. The minimum absolute atomic E-state index is 0.700.